The number of hydrogen-bond donors (Lipinski definition) is 1. The molecule has 0 saturated carbocycles. The maximum Gasteiger partial charge on any atom is 0.00719 e. The van der Waals surface area contributed by atoms with Gasteiger partial charge in [0, 0.05) is 4.90 Å². The minimum absolute atomic E-state index is 0.961. The van der Waals surface area contributed by atoms with E-state index in [1.165, 1.54) is 43.0 Å². The van der Waals surface area contributed by atoms with Crippen LogP contribution in [0.3, 0.4) is 0 Å². The van der Waals surface area contributed by atoms with Crippen molar-refractivity contribution in [3.8, 4) is 0 Å². The molecular weight excluding hydrogens is 202 g/mol. The van der Waals surface area contributed by atoms with Crippen LogP contribution in [0.2, 0.25) is 0 Å². The van der Waals surface area contributed by atoms with Crippen molar-refractivity contribution in [1.29, 1.82) is 0 Å². The summed E-state index contributed by atoms with van der Waals surface area (Å²) in [6, 6.07) is 10.7. The third kappa shape index (κ3) is 3.88. The van der Waals surface area contributed by atoms with Crippen LogP contribution in [-0.2, 0) is 0 Å². The summed E-state index contributed by atoms with van der Waals surface area (Å²) in [5, 5.41) is 3.42. The van der Waals surface area contributed by atoms with Gasteiger partial charge in [0.2, 0.25) is 0 Å². The third-order valence-electron chi connectivity index (χ3n) is 3.00. The fourth-order valence-corrected chi connectivity index (χ4v) is 3.07. The lowest BCUT2D eigenvalue weighted by Gasteiger charge is -2.22. The van der Waals surface area contributed by atoms with E-state index in [2.05, 4.69) is 35.6 Å². The van der Waals surface area contributed by atoms with Crippen LogP contribution in [0.4, 0.5) is 0 Å². The Kier molecular flexibility index (Phi) is 4.55. The second-order valence-corrected chi connectivity index (χ2v) is 5.31. The van der Waals surface area contributed by atoms with Crippen molar-refractivity contribution in [2.75, 3.05) is 18.8 Å². The summed E-state index contributed by atoms with van der Waals surface area (Å²) in [5.74, 6) is 2.23. The van der Waals surface area contributed by atoms with Gasteiger partial charge in [0.25, 0.3) is 0 Å². The maximum absolute atomic E-state index is 3.42. The smallest absolute Gasteiger partial charge is 0.00719 e. The highest BCUT2D eigenvalue weighted by atomic mass is 32.2. The molecule has 1 aliphatic heterocycles. The molecule has 1 fully saturated rings. The van der Waals surface area contributed by atoms with E-state index in [0.29, 0.717) is 0 Å². The first-order chi connectivity index (χ1) is 7.45. The van der Waals surface area contributed by atoms with Gasteiger partial charge in [-0.15, -0.1) is 11.8 Å². The molecule has 0 amide bonds. The second kappa shape index (κ2) is 6.19. The largest absolute Gasteiger partial charge is 0.317 e. The Bertz CT molecular complexity index is 267. The van der Waals surface area contributed by atoms with Crippen LogP contribution < -0.4 is 5.32 Å². The topological polar surface area (TPSA) is 12.0 Å². The molecule has 82 valence electrons. The summed E-state index contributed by atoms with van der Waals surface area (Å²) in [6.45, 7) is 2.45. The number of hydrogen-bond acceptors (Lipinski definition) is 2. The predicted octanol–water partition coefficient (Wildman–Crippen LogP) is 3.17. The van der Waals surface area contributed by atoms with Crippen molar-refractivity contribution in [2.45, 2.75) is 24.2 Å². The Morgan fingerprint density at radius 2 is 1.87 bits per heavy atom. The van der Waals surface area contributed by atoms with Gasteiger partial charge < -0.3 is 5.32 Å². The molecule has 0 aromatic heterocycles. The van der Waals surface area contributed by atoms with Gasteiger partial charge in [-0.1, -0.05) is 18.2 Å². The standard InChI is InChI=1S/C13H19NS/c1-2-4-13(5-3-1)15-11-8-12-6-9-14-10-7-12/h1-5,12,14H,6-11H2. The van der Waals surface area contributed by atoms with Gasteiger partial charge in [0.1, 0.15) is 0 Å². The first-order valence-electron chi connectivity index (χ1n) is 5.84. The molecule has 1 nitrogen and oxygen atoms in total. The van der Waals surface area contributed by atoms with Crippen LogP contribution in [0, 0.1) is 5.92 Å². The minimum Gasteiger partial charge on any atom is -0.317 e. The van der Waals surface area contributed by atoms with Crippen LogP contribution in [0.25, 0.3) is 0 Å². The van der Waals surface area contributed by atoms with E-state index in [0.717, 1.165) is 5.92 Å². The van der Waals surface area contributed by atoms with Crippen LogP contribution in [0.1, 0.15) is 19.3 Å². The highest BCUT2D eigenvalue weighted by Gasteiger charge is 2.12. The van der Waals surface area contributed by atoms with Gasteiger partial charge in [-0.3, -0.25) is 0 Å². The lowest BCUT2D eigenvalue weighted by molar-refractivity contribution is 0.367. The fraction of sp³-hybridized carbons (Fsp3) is 0.538. The molecule has 0 radical (unpaired) electrons. The van der Waals surface area contributed by atoms with E-state index in [1.807, 2.05) is 11.8 Å². The van der Waals surface area contributed by atoms with E-state index in [9.17, 15) is 0 Å². The fourth-order valence-electron chi connectivity index (χ4n) is 2.03. The highest BCUT2D eigenvalue weighted by molar-refractivity contribution is 7.99. The first kappa shape index (κ1) is 11.0. The molecule has 0 atom stereocenters. The highest BCUT2D eigenvalue weighted by Crippen LogP contribution is 2.23. The van der Waals surface area contributed by atoms with Gasteiger partial charge in [0.05, 0.1) is 0 Å². The molecule has 1 saturated heterocycles. The van der Waals surface area contributed by atoms with Crippen molar-refractivity contribution in [2.24, 2.45) is 5.92 Å². The molecular formula is C13H19NS. The Morgan fingerprint density at radius 1 is 1.13 bits per heavy atom. The molecule has 15 heavy (non-hydrogen) atoms. The monoisotopic (exact) mass is 221 g/mol. The van der Waals surface area contributed by atoms with Crippen molar-refractivity contribution in [3.63, 3.8) is 0 Å². The molecule has 0 aliphatic carbocycles. The molecule has 1 N–H and O–H groups in total. The zero-order chi connectivity index (χ0) is 10.3. The number of thioether (sulfide) groups is 1. The van der Waals surface area contributed by atoms with Gasteiger partial charge >= 0.3 is 0 Å². The van der Waals surface area contributed by atoms with E-state index >= 15 is 0 Å². The molecule has 0 bridgehead atoms. The summed E-state index contributed by atoms with van der Waals surface area (Å²) in [7, 11) is 0. The van der Waals surface area contributed by atoms with Crippen molar-refractivity contribution in [3.05, 3.63) is 30.3 Å². The summed E-state index contributed by atoms with van der Waals surface area (Å²) in [6.07, 6.45) is 4.12. The number of nitrogens with one attached hydrogen (secondary N) is 1. The minimum atomic E-state index is 0.961. The molecule has 2 heteroatoms. The SMILES string of the molecule is c1ccc(SCCC2CCNCC2)cc1. The summed E-state index contributed by atoms with van der Waals surface area (Å²) >= 11 is 1.99. The van der Waals surface area contributed by atoms with E-state index < -0.39 is 0 Å². The third-order valence-corrected chi connectivity index (χ3v) is 4.04. The summed E-state index contributed by atoms with van der Waals surface area (Å²) < 4.78 is 0. The maximum atomic E-state index is 3.42. The predicted molar refractivity (Wildman–Crippen MR) is 67.4 cm³/mol. The molecule has 2 rings (SSSR count). The van der Waals surface area contributed by atoms with Crippen LogP contribution in [-0.4, -0.2) is 18.8 Å². The quantitative estimate of drug-likeness (QED) is 0.784. The Hall–Kier alpha value is -0.470. The summed E-state index contributed by atoms with van der Waals surface area (Å²) in [5.41, 5.74) is 0. The van der Waals surface area contributed by atoms with Gasteiger partial charge in [-0.25, -0.2) is 0 Å². The van der Waals surface area contributed by atoms with E-state index in [-0.39, 0.29) is 0 Å². The van der Waals surface area contributed by atoms with Gasteiger partial charge in [0.15, 0.2) is 0 Å². The Balaban J connectivity index is 1.66. The Labute approximate surface area is 96.7 Å². The van der Waals surface area contributed by atoms with Crippen molar-refractivity contribution in [1.82, 2.24) is 5.32 Å². The van der Waals surface area contributed by atoms with Gasteiger partial charge in [-0.05, 0) is 56.2 Å². The molecule has 1 aromatic carbocycles. The lowest BCUT2D eigenvalue weighted by atomic mass is 9.96. The Morgan fingerprint density at radius 3 is 2.60 bits per heavy atom. The van der Waals surface area contributed by atoms with Gasteiger partial charge in [-0.2, -0.15) is 0 Å². The number of benzene rings is 1. The zero-order valence-electron chi connectivity index (χ0n) is 9.11. The lowest BCUT2D eigenvalue weighted by Crippen LogP contribution is -2.27. The van der Waals surface area contributed by atoms with E-state index in [1.54, 1.807) is 0 Å². The van der Waals surface area contributed by atoms with E-state index in [4.69, 9.17) is 0 Å². The molecule has 0 spiro atoms. The van der Waals surface area contributed by atoms with Crippen molar-refractivity contribution >= 4 is 11.8 Å². The van der Waals surface area contributed by atoms with Crippen molar-refractivity contribution < 1.29 is 0 Å². The average Bonchev–Trinajstić information content (AvgIpc) is 2.32. The zero-order valence-corrected chi connectivity index (χ0v) is 9.93. The molecule has 1 heterocycles. The normalized spacial score (nSPS) is 17.9. The van der Waals surface area contributed by atoms with Crippen LogP contribution in [0.15, 0.2) is 35.2 Å². The molecule has 1 aliphatic rings. The second-order valence-electron chi connectivity index (χ2n) is 4.14. The number of rotatable bonds is 4. The average molecular weight is 221 g/mol. The molecule has 0 unspecified atom stereocenters. The van der Waals surface area contributed by atoms with Crippen LogP contribution >= 0.6 is 11.8 Å². The molecule has 1 aromatic rings. The first-order valence-corrected chi connectivity index (χ1v) is 6.82. The number of piperidine rings is 1. The summed E-state index contributed by atoms with van der Waals surface area (Å²) in [4.78, 5) is 1.41. The van der Waals surface area contributed by atoms with Crippen LogP contribution in [0.5, 0.6) is 0 Å².